The Hall–Kier alpha value is -2.89. The van der Waals surface area contributed by atoms with Crippen molar-refractivity contribution < 1.29 is 5.11 Å². The smallest absolute Gasteiger partial charge is 0.178 e. The first-order valence-electron chi connectivity index (χ1n) is 9.04. The molecule has 4 rings (SSSR count). The number of anilines is 2. The normalized spacial score (nSPS) is 14.8. The number of nitrogens with zero attached hydrogens (tertiary/aromatic N) is 5. The molecule has 8 nitrogen and oxygen atoms in total. The van der Waals surface area contributed by atoms with E-state index < -0.39 is 0 Å². The van der Waals surface area contributed by atoms with Crippen LogP contribution in [0.25, 0.3) is 5.65 Å². The summed E-state index contributed by atoms with van der Waals surface area (Å²) in [6, 6.07) is 7.96. The molecule has 4 N–H and O–H groups in total. The number of nitrogens with two attached hydrogens (primary N) is 1. The molecule has 0 amide bonds. The minimum absolute atomic E-state index is 0.127. The molecule has 0 radical (unpaired) electrons. The number of aromatic nitrogens is 4. The third kappa shape index (κ3) is 3.03. The van der Waals surface area contributed by atoms with Gasteiger partial charge in [-0.3, -0.25) is 4.98 Å². The number of aliphatic hydroxyl groups excluding tert-OH is 1. The summed E-state index contributed by atoms with van der Waals surface area (Å²) in [5, 5.41) is 26.9. The van der Waals surface area contributed by atoms with Gasteiger partial charge in [0.25, 0.3) is 0 Å². The molecule has 3 aromatic heterocycles. The molecule has 0 atom stereocenters. The molecule has 1 fully saturated rings. The van der Waals surface area contributed by atoms with E-state index in [9.17, 15) is 10.4 Å². The largest absolute Gasteiger partial charge is 0.395 e. The molecular formula is C19H20ClN7O. The highest BCUT2D eigenvalue weighted by Gasteiger charge is 2.45. The molecule has 9 heteroatoms. The van der Waals surface area contributed by atoms with Gasteiger partial charge in [0.15, 0.2) is 5.65 Å². The zero-order chi connectivity index (χ0) is 19.9. The Morgan fingerprint density at radius 1 is 1.39 bits per heavy atom. The number of nitriles is 1. The molecule has 28 heavy (non-hydrogen) atoms. The number of rotatable bonds is 6. The Kier molecular flexibility index (Phi) is 4.57. The fraction of sp³-hybridized carbons (Fsp3) is 0.368. The highest BCUT2D eigenvalue weighted by molar-refractivity contribution is 6.34. The number of pyridine rings is 1. The van der Waals surface area contributed by atoms with Crippen molar-refractivity contribution in [3.05, 3.63) is 45.9 Å². The van der Waals surface area contributed by atoms with Crippen molar-refractivity contribution in [2.45, 2.75) is 31.6 Å². The van der Waals surface area contributed by atoms with Crippen molar-refractivity contribution in [1.29, 1.82) is 5.26 Å². The van der Waals surface area contributed by atoms with Gasteiger partial charge < -0.3 is 16.2 Å². The molecule has 1 saturated carbocycles. The lowest BCUT2D eigenvalue weighted by Crippen LogP contribution is -2.16. The summed E-state index contributed by atoms with van der Waals surface area (Å²) < 4.78 is 1.39. The highest BCUT2D eigenvalue weighted by Crippen LogP contribution is 2.46. The van der Waals surface area contributed by atoms with Crippen molar-refractivity contribution in [3.63, 3.8) is 0 Å². The van der Waals surface area contributed by atoms with Gasteiger partial charge in [-0.2, -0.15) is 14.9 Å². The van der Waals surface area contributed by atoms with E-state index in [1.54, 1.807) is 6.92 Å². The molecule has 0 saturated heterocycles. The van der Waals surface area contributed by atoms with Gasteiger partial charge in [-0.25, -0.2) is 4.98 Å². The van der Waals surface area contributed by atoms with Gasteiger partial charge in [0.05, 0.1) is 12.3 Å². The van der Waals surface area contributed by atoms with E-state index in [0.29, 0.717) is 35.1 Å². The maximum Gasteiger partial charge on any atom is 0.178 e. The quantitative estimate of drug-likeness (QED) is 0.582. The molecule has 0 bridgehead atoms. The van der Waals surface area contributed by atoms with Crippen molar-refractivity contribution in [2.24, 2.45) is 0 Å². The number of hydrogen-bond donors (Lipinski definition) is 3. The summed E-state index contributed by atoms with van der Waals surface area (Å²) in [6.07, 6.45) is 2.58. The van der Waals surface area contributed by atoms with Crippen LogP contribution in [-0.2, 0) is 11.8 Å². The summed E-state index contributed by atoms with van der Waals surface area (Å²) >= 11 is 6.25. The van der Waals surface area contributed by atoms with Crippen LogP contribution in [0, 0.1) is 18.3 Å². The maximum absolute atomic E-state index is 9.60. The van der Waals surface area contributed by atoms with Crippen LogP contribution in [0.5, 0.6) is 0 Å². The first kappa shape index (κ1) is 18.5. The van der Waals surface area contributed by atoms with Crippen LogP contribution >= 0.6 is 11.6 Å². The first-order valence-corrected chi connectivity index (χ1v) is 9.42. The monoisotopic (exact) mass is 397 g/mol. The van der Waals surface area contributed by atoms with E-state index >= 15 is 0 Å². The number of aryl methyl sites for hydroxylation is 1. The molecule has 1 aliphatic carbocycles. The van der Waals surface area contributed by atoms with Crippen LogP contribution < -0.4 is 11.1 Å². The van der Waals surface area contributed by atoms with Crippen LogP contribution in [-0.4, -0.2) is 37.8 Å². The fourth-order valence-corrected chi connectivity index (χ4v) is 3.42. The number of aliphatic hydroxyl groups is 1. The summed E-state index contributed by atoms with van der Waals surface area (Å²) in [4.78, 5) is 9.13. The zero-order valence-electron chi connectivity index (χ0n) is 15.4. The molecule has 0 aliphatic heterocycles. The Morgan fingerprint density at radius 2 is 2.18 bits per heavy atom. The zero-order valence-corrected chi connectivity index (χ0v) is 16.2. The Balaban J connectivity index is 1.54. The summed E-state index contributed by atoms with van der Waals surface area (Å²) in [5.41, 5.74) is 9.02. The van der Waals surface area contributed by atoms with Crippen molar-refractivity contribution >= 4 is 28.9 Å². The number of fused-ring (bicyclic) bond motifs is 1. The predicted molar refractivity (Wildman–Crippen MR) is 106 cm³/mol. The topological polar surface area (TPSA) is 125 Å². The molecule has 3 aromatic rings. The second-order valence-corrected chi connectivity index (χ2v) is 7.47. The average molecular weight is 398 g/mol. The van der Waals surface area contributed by atoms with Gasteiger partial charge in [-0.05, 0) is 31.9 Å². The molecule has 0 spiro atoms. The van der Waals surface area contributed by atoms with Crippen molar-refractivity contribution in [2.75, 3.05) is 24.2 Å². The number of halogens is 1. The first-order chi connectivity index (χ1) is 13.5. The van der Waals surface area contributed by atoms with Crippen LogP contribution in [0.4, 0.5) is 11.6 Å². The van der Waals surface area contributed by atoms with E-state index in [1.807, 2.05) is 18.2 Å². The van der Waals surface area contributed by atoms with Crippen LogP contribution in [0.2, 0.25) is 5.02 Å². The van der Waals surface area contributed by atoms with Gasteiger partial charge in [0.1, 0.15) is 28.3 Å². The van der Waals surface area contributed by atoms with Crippen LogP contribution in [0.1, 0.15) is 35.5 Å². The Labute approximate surface area is 167 Å². The predicted octanol–water partition coefficient (Wildman–Crippen LogP) is 2.22. The second kappa shape index (κ2) is 6.93. The lowest BCUT2D eigenvalue weighted by atomic mass is 10.0. The highest BCUT2D eigenvalue weighted by atomic mass is 35.5. The Morgan fingerprint density at radius 3 is 2.86 bits per heavy atom. The standard InChI is InChI=1S/C19H20ClN7O/c1-11-15(20)18-25-17(13(9-21)16(22)27(18)26-11)23-8-5-12-3-2-4-14(24-12)19(10-28)6-7-19/h2-4,28H,5-8,10,22H2,1H3,(H,23,25). The lowest BCUT2D eigenvalue weighted by molar-refractivity contribution is 0.252. The van der Waals surface area contributed by atoms with E-state index in [0.717, 1.165) is 24.2 Å². The van der Waals surface area contributed by atoms with Gasteiger partial charge in [0.2, 0.25) is 0 Å². The number of hydrogen-bond acceptors (Lipinski definition) is 7. The maximum atomic E-state index is 9.60. The SMILES string of the molecule is Cc1nn2c(N)c(C#N)c(NCCc3cccc(C4(CO)CC4)n3)nc2c1Cl. The average Bonchev–Trinajstić information content (AvgIpc) is 3.45. The third-order valence-electron chi connectivity index (χ3n) is 5.20. The van der Waals surface area contributed by atoms with Crippen LogP contribution in [0.3, 0.4) is 0 Å². The molecule has 0 aromatic carbocycles. The number of nitrogens with one attached hydrogen (secondary N) is 1. The van der Waals surface area contributed by atoms with Gasteiger partial charge in [-0.1, -0.05) is 17.7 Å². The van der Waals surface area contributed by atoms with E-state index in [2.05, 4.69) is 21.5 Å². The molecule has 144 valence electrons. The lowest BCUT2D eigenvalue weighted by Gasteiger charge is -2.13. The van der Waals surface area contributed by atoms with Crippen molar-refractivity contribution in [3.8, 4) is 6.07 Å². The van der Waals surface area contributed by atoms with E-state index in [4.69, 9.17) is 22.3 Å². The fourth-order valence-electron chi connectivity index (χ4n) is 3.26. The minimum atomic E-state index is -0.158. The third-order valence-corrected chi connectivity index (χ3v) is 5.64. The summed E-state index contributed by atoms with van der Waals surface area (Å²) in [7, 11) is 0. The molecular weight excluding hydrogens is 378 g/mol. The van der Waals surface area contributed by atoms with Gasteiger partial charge >= 0.3 is 0 Å². The molecule has 3 heterocycles. The Bertz CT molecular complexity index is 1100. The van der Waals surface area contributed by atoms with Crippen molar-refractivity contribution in [1.82, 2.24) is 19.6 Å². The summed E-state index contributed by atoms with van der Waals surface area (Å²) in [5.74, 6) is 0.572. The van der Waals surface area contributed by atoms with E-state index in [1.165, 1.54) is 4.52 Å². The second-order valence-electron chi connectivity index (χ2n) is 7.10. The summed E-state index contributed by atoms with van der Waals surface area (Å²) in [6.45, 7) is 2.40. The molecule has 0 unspecified atom stereocenters. The van der Waals surface area contributed by atoms with Crippen LogP contribution in [0.15, 0.2) is 18.2 Å². The number of nitrogen functional groups attached to an aromatic ring is 1. The molecule has 1 aliphatic rings. The van der Waals surface area contributed by atoms with E-state index in [-0.39, 0.29) is 23.4 Å². The van der Waals surface area contributed by atoms with Gasteiger partial charge in [0, 0.05) is 29.8 Å². The minimum Gasteiger partial charge on any atom is -0.395 e. The van der Waals surface area contributed by atoms with Gasteiger partial charge in [-0.15, -0.1) is 0 Å².